The molecular weight excluding hydrogens is 341 g/mol. The molecule has 0 atom stereocenters. The Morgan fingerprint density at radius 2 is 1.63 bits per heavy atom. The van der Waals surface area contributed by atoms with Crippen molar-refractivity contribution >= 4 is 5.91 Å². The van der Waals surface area contributed by atoms with Gasteiger partial charge in [-0.3, -0.25) is 4.79 Å². The lowest BCUT2D eigenvalue weighted by Gasteiger charge is -2.29. The zero-order valence-electron chi connectivity index (χ0n) is 14.9. The molecule has 0 saturated carbocycles. The first-order valence-corrected chi connectivity index (χ1v) is 9.03. The van der Waals surface area contributed by atoms with Crippen LogP contribution in [-0.2, 0) is 19.6 Å². The number of nitrogens with zero attached hydrogens (tertiary/aromatic N) is 1. The summed E-state index contributed by atoms with van der Waals surface area (Å²) < 4.78 is 18.9. The number of fused-ring (bicyclic) bond motifs is 1. The maximum Gasteiger partial charge on any atom is 0.257 e. The molecule has 136 valence electrons. The lowest BCUT2D eigenvalue weighted by molar-refractivity contribution is 0.0730. The van der Waals surface area contributed by atoms with E-state index in [2.05, 4.69) is 12.1 Å². The first-order chi connectivity index (χ1) is 13.2. The first-order valence-electron chi connectivity index (χ1n) is 9.03. The van der Waals surface area contributed by atoms with Crippen LogP contribution in [0.5, 0.6) is 5.75 Å². The number of amides is 1. The van der Waals surface area contributed by atoms with E-state index in [4.69, 9.17) is 4.74 Å². The second-order valence-corrected chi connectivity index (χ2v) is 6.66. The number of hydrogen-bond donors (Lipinski definition) is 0. The van der Waals surface area contributed by atoms with E-state index < -0.39 is 0 Å². The van der Waals surface area contributed by atoms with Crippen molar-refractivity contribution in [3.8, 4) is 5.75 Å². The monoisotopic (exact) mass is 361 g/mol. The van der Waals surface area contributed by atoms with Crippen LogP contribution in [0.4, 0.5) is 4.39 Å². The lowest BCUT2D eigenvalue weighted by Crippen LogP contribution is -2.36. The van der Waals surface area contributed by atoms with Gasteiger partial charge in [-0.25, -0.2) is 4.39 Å². The molecule has 0 radical (unpaired) electrons. The predicted octanol–water partition coefficient (Wildman–Crippen LogP) is 4.60. The molecule has 4 rings (SSSR count). The summed E-state index contributed by atoms with van der Waals surface area (Å²) in [5.74, 6) is 0.240. The molecule has 1 heterocycles. The van der Waals surface area contributed by atoms with Crippen LogP contribution in [0.2, 0.25) is 0 Å². The minimum atomic E-state index is -0.278. The highest BCUT2D eigenvalue weighted by atomic mass is 19.1. The summed E-state index contributed by atoms with van der Waals surface area (Å²) in [6, 6.07) is 21.7. The maximum absolute atomic E-state index is 13.1. The van der Waals surface area contributed by atoms with E-state index in [1.54, 1.807) is 24.3 Å². The third-order valence-electron chi connectivity index (χ3n) is 4.84. The van der Waals surface area contributed by atoms with Gasteiger partial charge in [0.1, 0.15) is 18.2 Å². The molecular formula is C23H20FNO2. The van der Waals surface area contributed by atoms with Gasteiger partial charge >= 0.3 is 0 Å². The zero-order chi connectivity index (χ0) is 18.6. The average Bonchev–Trinajstić information content (AvgIpc) is 2.73. The van der Waals surface area contributed by atoms with Crippen molar-refractivity contribution in [1.82, 2.24) is 4.90 Å². The summed E-state index contributed by atoms with van der Waals surface area (Å²) in [7, 11) is 0. The molecule has 1 amide bonds. The van der Waals surface area contributed by atoms with Crippen molar-refractivity contribution in [2.24, 2.45) is 0 Å². The maximum atomic E-state index is 13.1. The molecule has 4 heteroatoms. The Morgan fingerprint density at radius 3 is 2.44 bits per heavy atom. The summed E-state index contributed by atoms with van der Waals surface area (Å²) >= 11 is 0. The fraction of sp³-hybridized carbons (Fsp3) is 0.174. The molecule has 0 bridgehead atoms. The molecule has 0 unspecified atom stereocenters. The quantitative estimate of drug-likeness (QED) is 0.679. The van der Waals surface area contributed by atoms with Crippen LogP contribution in [0, 0.1) is 5.82 Å². The Kier molecular flexibility index (Phi) is 4.88. The number of benzene rings is 3. The van der Waals surface area contributed by atoms with Gasteiger partial charge in [-0.2, -0.15) is 0 Å². The summed E-state index contributed by atoms with van der Waals surface area (Å²) in [6.45, 7) is 1.59. The third-order valence-corrected chi connectivity index (χ3v) is 4.84. The van der Waals surface area contributed by atoms with E-state index in [1.807, 2.05) is 29.2 Å². The number of halogens is 1. The molecule has 0 spiro atoms. The van der Waals surface area contributed by atoms with Gasteiger partial charge in [-0.15, -0.1) is 0 Å². The van der Waals surface area contributed by atoms with E-state index in [-0.39, 0.29) is 18.3 Å². The van der Waals surface area contributed by atoms with Gasteiger partial charge in [0, 0.05) is 13.1 Å². The van der Waals surface area contributed by atoms with Crippen molar-refractivity contribution < 1.29 is 13.9 Å². The van der Waals surface area contributed by atoms with Crippen LogP contribution in [0.25, 0.3) is 0 Å². The molecule has 3 aromatic carbocycles. The van der Waals surface area contributed by atoms with Crippen LogP contribution in [0.15, 0.2) is 72.8 Å². The number of carbonyl (C=O) groups excluding carboxylic acids is 1. The fourth-order valence-electron chi connectivity index (χ4n) is 3.35. The number of ether oxygens (including phenoxy) is 1. The summed E-state index contributed by atoms with van der Waals surface area (Å²) in [5.41, 5.74) is 3.91. The van der Waals surface area contributed by atoms with E-state index in [0.29, 0.717) is 24.4 Å². The fourth-order valence-corrected chi connectivity index (χ4v) is 3.35. The molecule has 0 N–H and O–H groups in total. The number of hydrogen-bond acceptors (Lipinski definition) is 2. The molecule has 1 aliphatic heterocycles. The van der Waals surface area contributed by atoms with Crippen molar-refractivity contribution in [3.63, 3.8) is 0 Å². The molecule has 3 nitrogen and oxygen atoms in total. The first kappa shape index (κ1) is 17.3. The smallest absolute Gasteiger partial charge is 0.257 e. The highest BCUT2D eigenvalue weighted by molar-refractivity contribution is 5.97. The standard InChI is InChI=1S/C23H20FNO2/c24-20-11-9-17(10-12-20)16-27-22-8-4-3-7-21(22)23(26)25-14-13-18-5-1-2-6-19(18)15-25/h1-12H,13-16H2. The van der Waals surface area contributed by atoms with Gasteiger partial charge in [0.2, 0.25) is 0 Å². The van der Waals surface area contributed by atoms with Crippen LogP contribution >= 0.6 is 0 Å². The predicted molar refractivity (Wildman–Crippen MR) is 102 cm³/mol. The van der Waals surface area contributed by atoms with Gasteiger partial charge in [-0.05, 0) is 47.4 Å². The van der Waals surface area contributed by atoms with Crippen LogP contribution in [0.3, 0.4) is 0 Å². The third kappa shape index (κ3) is 3.85. The minimum absolute atomic E-state index is 0.0285. The van der Waals surface area contributed by atoms with Gasteiger partial charge in [0.05, 0.1) is 5.56 Å². The Hall–Kier alpha value is -3.14. The Balaban J connectivity index is 1.50. The van der Waals surface area contributed by atoms with Crippen molar-refractivity contribution in [3.05, 3.63) is 101 Å². The minimum Gasteiger partial charge on any atom is -0.488 e. The van der Waals surface area contributed by atoms with Gasteiger partial charge < -0.3 is 9.64 Å². The average molecular weight is 361 g/mol. The highest BCUT2D eigenvalue weighted by Crippen LogP contribution is 2.25. The number of para-hydroxylation sites is 1. The molecule has 3 aromatic rings. The van der Waals surface area contributed by atoms with E-state index in [0.717, 1.165) is 12.0 Å². The Morgan fingerprint density at radius 1 is 0.926 bits per heavy atom. The molecule has 0 saturated heterocycles. The number of carbonyl (C=O) groups is 1. The second-order valence-electron chi connectivity index (χ2n) is 6.66. The summed E-state index contributed by atoms with van der Waals surface area (Å²) in [6.07, 6.45) is 0.862. The van der Waals surface area contributed by atoms with E-state index in [1.165, 1.54) is 23.3 Å². The van der Waals surface area contributed by atoms with Crippen LogP contribution in [-0.4, -0.2) is 17.4 Å². The second kappa shape index (κ2) is 7.62. The van der Waals surface area contributed by atoms with Crippen molar-refractivity contribution in [1.29, 1.82) is 0 Å². The highest BCUT2D eigenvalue weighted by Gasteiger charge is 2.23. The van der Waals surface area contributed by atoms with Crippen molar-refractivity contribution in [2.45, 2.75) is 19.6 Å². The van der Waals surface area contributed by atoms with Gasteiger partial charge in [0.25, 0.3) is 5.91 Å². The molecule has 1 aliphatic rings. The SMILES string of the molecule is O=C(c1ccccc1OCc1ccc(F)cc1)N1CCc2ccccc2C1. The number of rotatable bonds is 4. The summed E-state index contributed by atoms with van der Waals surface area (Å²) in [5, 5.41) is 0. The Labute approximate surface area is 158 Å². The van der Waals surface area contributed by atoms with Gasteiger partial charge in [0.15, 0.2) is 0 Å². The molecule has 0 aromatic heterocycles. The normalized spacial score (nSPS) is 13.1. The topological polar surface area (TPSA) is 29.5 Å². The zero-order valence-corrected chi connectivity index (χ0v) is 14.9. The lowest BCUT2D eigenvalue weighted by atomic mass is 9.99. The van der Waals surface area contributed by atoms with E-state index in [9.17, 15) is 9.18 Å². The molecule has 0 fully saturated rings. The van der Waals surface area contributed by atoms with Gasteiger partial charge in [-0.1, -0.05) is 48.5 Å². The van der Waals surface area contributed by atoms with E-state index >= 15 is 0 Å². The largest absolute Gasteiger partial charge is 0.488 e. The molecule has 0 aliphatic carbocycles. The van der Waals surface area contributed by atoms with Crippen LogP contribution in [0.1, 0.15) is 27.0 Å². The molecule has 27 heavy (non-hydrogen) atoms. The van der Waals surface area contributed by atoms with Crippen molar-refractivity contribution in [2.75, 3.05) is 6.54 Å². The summed E-state index contributed by atoms with van der Waals surface area (Å²) in [4.78, 5) is 14.9. The van der Waals surface area contributed by atoms with Crippen LogP contribution < -0.4 is 4.74 Å². The Bertz CT molecular complexity index is 953.